The Morgan fingerprint density at radius 2 is 1.45 bits per heavy atom. The van der Waals surface area contributed by atoms with Crippen molar-refractivity contribution in [2.45, 2.75) is 43.0 Å². The van der Waals surface area contributed by atoms with E-state index in [1.165, 1.54) is 25.7 Å². The Bertz CT molecular complexity index is 86.2. The van der Waals surface area contributed by atoms with E-state index < -0.39 is 21.1 Å². The molecule has 0 aromatic rings. The van der Waals surface area contributed by atoms with Crippen molar-refractivity contribution in [3.05, 3.63) is 0 Å². The molecule has 0 fully saturated rings. The SMILES string of the molecule is [O]=[SnH][CH2]CCCCCCCO. The van der Waals surface area contributed by atoms with E-state index in [-0.39, 0.29) is 0 Å². The summed E-state index contributed by atoms with van der Waals surface area (Å²) in [5, 5.41) is 8.47. The topological polar surface area (TPSA) is 37.3 Å². The second-order valence-electron chi connectivity index (χ2n) is 2.80. The van der Waals surface area contributed by atoms with E-state index in [1.807, 2.05) is 0 Å². The average Bonchev–Trinajstić information content (AvgIpc) is 2.03. The predicted octanol–water partition coefficient (Wildman–Crippen LogP) is 1.52. The van der Waals surface area contributed by atoms with Gasteiger partial charge >= 0.3 is 78.9 Å². The van der Waals surface area contributed by atoms with Crippen molar-refractivity contribution in [2.24, 2.45) is 0 Å². The summed E-state index contributed by atoms with van der Waals surface area (Å²) in [4.78, 5) is 0. The van der Waals surface area contributed by atoms with Gasteiger partial charge in [0.05, 0.1) is 0 Å². The molecule has 0 heterocycles. The van der Waals surface area contributed by atoms with Crippen molar-refractivity contribution in [2.75, 3.05) is 6.61 Å². The number of hydrogen-bond donors (Lipinski definition) is 1. The molecule has 1 N–H and O–H groups in total. The maximum atomic E-state index is 10.2. The van der Waals surface area contributed by atoms with Crippen molar-refractivity contribution in [3.63, 3.8) is 0 Å². The molecule has 0 rings (SSSR count). The Hall–Kier alpha value is 0.559. The molecule has 0 bridgehead atoms. The summed E-state index contributed by atoms with van der Waals surface area (Å²) in [6.07, 6.45) is 6.98. The Balaban J connectivity index is 2.74. The quantitative estimate of drug-likeness (QED) is 0.533. The van der Waals surface area contributed by atoms with Crippen molar-refractivity contribution in [3.8, 4) is 0 Å². The number of rotatable bonds is 8. The second-order valence-corrected chi connectivity index (χ2v) is 5.40. The first kappa shape index (κ1) is 11.6. The second kappa shape index (κ2) is 10.6. The molecule has 11 heavy (non-hydrogen) atoms. The monoisotopic (exact) mass is 266 g/mol. The van der Waals surface area contributed by atoms with Gasteiger partial charge in [-0.25, -0.2) is 0 Å². The molecule has 0 aliphatic heterocycles. The van der Waals surface area contributed by atoms with Gasteiger partial charge < -0.3 is 0 Å². The minimum atomic E-state index is -1.29. The van der Waals surface area contributed by atoms with Crippen LogP contribution >= 0.6 is 0 Å². The Morgan fingerprint density at radius 3 is 2.00 bits per heavy atom. The van der Waals surface area contributed by atoms with E-state index in [4.69, 9.17) is 5.11 Å². The fraction of sp³-hybridized carbons (Fsp3) is 1.00. The van der Waals surface area contributed by atoms with Crippen LogP contribution in [0.2, 0.25) is 4.44 Å². The fourth-order valence-corrected chi connectivity index (χ4v) is 2.35. The van der Waals surface area contributed by atoms with Gasteiger partial charge in [0, 0.05) is 0 Å². The Labute approximate surface area is 79.0 Å². The van der Waals surface area contributed by atoms with Crippen molar-refractivity contribution in [1.29, 1.82) is 0 Å². The summed E-state index contributed by atoms with van der Waals surface area (Å²) >= 11 is -1.29. The van der Waals surface area contributed by atoms with Crippen LogP contribution in [0.25, 0.3) is 0 Å². The minimum absolute atomic E-state index is 0.329. The van der Waals surface area contributed by atoms with Gasteiger partial charge in [-0.3, -0.25) is 0 Å². The molecule has 0 saturated heterocycles. The molecule has 0 aromatic carbocycles. The van der Waals surface area contributed by atoms with Crippen LogP contribution in [0.15, 0.2) is 0 Å². The molecule has 0 unspecified atom stereocenters. The molecule has 2 nitrogen and oxygen atoms in total. The Kier molecular flexibility index (Phi) is 11.1. The van der Waals surface area contributed by atoms with Crippen LogP contribution in [0, 0.1) is 0 Å². The molecule has 0 atom stereocenters. The molecule has 0 aromatic heterocycles. The summed E-state index contributed by atoms with van der Waals surface area (Å²) in [6, 6.07) is 0. The molecule has 0 aliphatic rings. The number of aliphatic hydroxyl groups is 1. The van der Waals surface area contributed by atoms with Crippen molar-refractivity contribution >= 4 is 21.1 Å². The first-order chi connectivity index (χ1) is 5.41. The van der Waals surface area contributed by atoms with E-state index in [9.17, 15) is 3.08 Å². The van der Waals surface area contributed by atoms with E-state index in [1.54, 1.807) is 0 Å². The molecule has 0 amide bonds. The van der Waals surface area contributed by atoms with Crippen LogP contribution in [-0.2, 0) is 3.08 Å². The molecular formula is C8H18O2Sn. The molecular weight excluding hydrogens is 247 g/mol. The third kappa shape index (κ3) is 10.6. The van der Waals surface area contributed by atoms with Gasteiger partial charge in [-0.2, -0.15) is 0 Å². The first-order valence-electron chi connectivity index (χ1n) is 4.46. The first-order valence-corrected chi connectivity index (χ1v) is 8.14. The summed E-state index contributed by atoms with van der Waals surface area (Å²) < 4.78 is 11.2. The standard InChI is InChI=1S/C8H17O.O.Sn.H/c1-2-3-4-5-6-7-8-9;;;/h9H,1-8H2;;;. The van der Waals surface area contributed by atoms with Crippen molar-refractivity contribution < 1.29 is 8.18 Å². The van der Waals surface area contributed by atoms with Crippen LogP contribution in [0.1, 0.15) is 38.5 Å². The van der Waals surface area contributed by atoms with E-state index in [2.05, 4.69) is 0 Å². The van der Waals surface area contributed by atoms with Gasteiger partial charge in [0.2, 0.25) is 0 Å². The van der Waals surface area contributed by atoms with Gasteiger partial charge in [0.1, 0.15) is 0 Å². The van der Waals surface area contributed by atoms with Crippen LogP contribution in [-0.4, -0.2) is 32.8 Å². The van der Waals surface area contributed by atoms with E-state index >= 15 is 0 Å². The fourth-order valence-electron chi connectivity index (χ4n) is 1.05. The normalized spacial score (nSPS) is 9.91. The third-order valence-electron chi connectivity index (χ3n) is 1.73. The molecule has 3 heteroatoms. The number of unbranched alkanes of at least 4 members (excludes halogenated alkanes) is 5. The zero-order chi connectivity index (χ0) is 8.36. The third-order valence-corrected chi connectivity index (χ3v) is 3.57. The molecule has 0 saturated carbocycles. The van der Waals surface area contributed by atoms with Crippen LogP contribution in [0.3, 0.4) is 0 Å². The van der Waals surface area contributed by atoms with Crippen LogP contribution in [0.5, 0.6) is 0 Å². The van der Waals surface area contributed by atoms with Gasteiger partial charge in [0.15, 0.2) is 0 Å². The number of aliphatic hydroxyl groups excluding tert-OH is 1. The van der Waals surface area contributed by atoms with Gasteiger partial charge in [-0.15, -0.1) is 0 Å². The van der Waals surface area contributed by atoms with Gasteiger partial charge in [-0.1, -0.05) is 0 Å². The zero-order valence-corrected chi connectivity index (χ0v) is 10.4. The predicted molar refractivity (Wildman–Crippen MR) is 47.4 cm³/mol. The Morgan fingerprint density at radius 1 is 0.909 bits per heavy atom. The van der Waals surface area contributed by atoms with Crippen LogP contribution in [0.4, 0.5) is 0 Å². The summed E-state index contributed by atoms with van der Waals surface area (Å²) in [5.41, 5.74) is 0. The summed E-state index contributed by atoms with van der Waals surface area (Å²) in [7, 11) is 0. The number of hydrogen-bond acceptors (Lipinski definition) is 2. The van der Waals surface area contributed by atoms with E-state index in [0.29, 0.717) is 6.61 Å². The zero-order valence-electron chi connectivity index (χ0n) is 7.09. The summed E-state index contributed by atoms with van der Waals surface area (Å²) in [6.45, 7) is 0.329. The summed E-state index contributed by atoms with van der Waals surface area (Å²) in [5.74, 6) is 0. The molecule has 0 aliphatic carbocycles. The van der Waals surface area contributed by atoms with Crippen molar-refractivity contribution in [1.82, 2.24) is 0 Å². The maximum absolute atomic E-state index is 10.2. The molecule has 0 spiro atoms. The van der Waals surface area contributed by atoms with Crippen LogP contribution < -0.4 is 0 Å². The molecule has 0 radical (unpaired) electrons. The molecule has 66 valence electrons. The van der Waals surface area contributed by atoms with Gasteiger partial charge in [-0.05, 0) is 0 Å². The average molecular weight is 265 g/mol. The van der Waals surface area contributed by atoms with Gasteiger partial charge in [0.25, 0.3) is 0 Å². The van der Waals surface area contributed by atoms with E-state index in [0.717, 1.165) is 17.3 Å².